The van der Waals surface area contributed by atoms with Crippen LogP contribution in [0.25, 0.3) is 10.8 Å². The molecule has 0 unspecified atom stereocenters. The Kier molecular flexibility index (Phi) is 6.23. The second-order valence-electron chi connectivity index (χ2n) is 6.96. The first-order valence-corrected chi connectivity index (χ1v) is 11.1. The third-order valence-electron chi connectivity index (χ3n) is 4.92. The van der Waals surface area contributed by atoms with E-state index < -0.39 is 15.9 Å². The van der Waals surface area contributed by atoms with Gasteiger partial charge in [-0.2, -0.15) is 9.41 Å². The molecule has 1 saturated carbocycles. The summed E-state index contributed by atoms with van der Waals surface area (Å²) < 4.78 is 25.5. The van der Waals surface area contributed by atoms with E-state index in [0.717, 1.165) is 54.7 Å². The molecule has 0 atom stereocenters. The number of nitrogens with zero attached hydrogens (tertiary/aromatic N) is 2. The summed E-state index contributed by atoms with van der Waals surface area (Å²) in [5.74, 6) is -0.428. The van der Waals surface area contributed by atoms with Gasteiger partial charge in [0.05, 0.1) is 19.0 Å². The van der Waals surface area contributed by atoms with E-state index in [0.29, 0.717) is 0 Å². The maximum atomic E-state index is 12.3. The van der Waals surface area contributed by atoms with Crippen LogP contribution in [0.4, 0.5) is 0 Å². The van der Waals surface area contributed by atoms with Crippen LogP contribution in [0.2, 0.25) is 0 Å². The number of nitrogens with one attached hydrogen (secondary N) is 1. The molecule has 1 aliphatic carbocycles. The van der Waals surface area contributed by atoms with Gasteiger partial charge in [-0.15, -0.1) is 0 Å². The molecular formula is C20H25N3O3S. The van der Waals surface area contributed by atoms with Crippen LogP contribution in [-0.2, 0) is 14.8 Å². The van der Waals surface area contributed by atoms with Crippen molar-refractivity contribution in [3.63, 3.8) is 0 Å². The van der Waals surface area contributed by atoms with Crippen LogP contribution in [0.15, 0.2) is 47.6 Å². The fraction of sp³-hybridized carbons (Fsp3) is 0.400. The monoisotopic (exact) mass is 387 g/mol. The average Bonchev–Trinajstić information content (AvgIpc) is 2.66. The van der Waals surface area contributed by atoms with Gasteiger partial charge in [-0.05, 0) is 23.6 Å². The van der Waals surface area contributed by atoms with Gasteiger partial charge in [0, 0.05) is 11.6 Å². The largest absolute Gasteiger partial charge is 0.272 e. The zero-order valence-electron chi connectivity index (χ0n) is 15.5. The first-order valence-electron chi connectivity index (χ1n) is 9.21. The van der Waals surface area contributed by atoms with Crippen molar-refractivity contribution >= 4 is 32.9 Å². The van der Waals surface area contributed by atoms with E-state index in [1.54, 1.807) is 6.21 Å². The van der Waals surface area contributed by atoms with Crippen molar-refractivity contribution in [2.24, 2.45) is 5.10 Å². The summed E-state index contributed by atoms with van der Waals surface area (Å²) >= 11 is 0. The van der Waals surface area contributed by atoms with Crippen molar-refractivity contribution < 1.29 is 13.2 Å². The van der Waals surface area contributed by atoms with E-state index in [9.17, 15) is 13.2 Å². The standard InChI is InChI=1S/C20H25N3O3S/c1-27(25,26)23(18-11-3-2-4-12-18)15-20(24)22-21-14-17-10-7-9-16-8-5-6-13-19(16)17/h5-10,13-14,18H,2-4,11-12,15H2,1H3,(H,22,24). The van der Waals surface area contributed by atoms with Crippen LogP contribution in [0.5, 0.6) is 0 Å². The predicted octanol–water partition coefficient (Wildman–Crippen LogP) is 2.88. The molecule has 27 heavy (non-hydrogen) atoms. The van der Waals surface area contributed by atoms with Gasteiger partial charge in [0.15, 0.2) is 0 Å². The minimum atomic E-state index is -3.44. The number of carbonyl (C=O) groups is 1. The quantitative estimate of drug-likeness (QED) is 0.611. The van der Waals surface area contributed by atoms with E-state index in [1.165, 1.54) is 4.31 Å². The number of hydrazone groups is 1. The fourth-order valence-corrected chi connectivity index (χ4v) is 4.70. The molecule has 1 fully saturated rings. The first kappa shape index (κ1) is 19.5. The highest BCUT2D eigenvalue weighted by Gasteiger charge is 2.29. The van der Waals surface area contributed by atoms with Gasteiger partial charge in [-0.3, -0.25) is 4.79 Å². The average molecular weight is 388 g/mol. The van der Waals surface area contributed by atoms with Crippen LogP contribution in [0.3, 0.4) is 0 Å². The van der Waals surface area contributed by atoms with Gasteiger partial charge in [0.1, 0.15) is 0 Å². The van der Waals surface area contributed by atoms with E-state index >= 15 is 0 Å². The fourth-order valence-electron chi connectivity index (χ4n) is 3.60. The molecule has 1 aliphatic rings. The van der Waals surface area contributed by atoms with Crippen LogP contribution in [-0.4, -0.2) is 43.7 Å². The highest BCUT2D eigenvalue weighted by atomic mass is 32.2. The Bertz CT molecular complexity index is 929. The summed E-state index contributed by atoms with van der Waals surface area (Å²) in [6, 6.07) is 13.7. The van der Waals surface area contributed by atoms with Gasteiger partial charge in [-0.25, -0.2) is 13.8 Å². The molecule has 0 bridgehead atoms. The summed E-state index contributed by atoms with van der Waals surface area (Å²) in [6.07, 6.45) is 7.48. The molecule has 2 aromatic carbocycles. The number of fused-ring (bicyclic) bond motifs is 1. The van der Waals surface area contributed by atoms with Crippen molar-refractivity contribution in [3.8, 4) is 0 Å². The van der Waals surface area contributed by atoms with Crippen molar-refractivity contribution in [1.82, 2.24) is 9.73 Å². The Hall–Kier alpha value is -2.25. The summed E-state index contributed by atoms with van der Waals surface area (Å²) in [4.78, 5) is 12.3. The highest BCUT2D eigenvalue weighted by Crippen LogP contribution is 2.24. The lowest BCUT2D eigenvalue weighted by molar-refractivity contribution is -0.121. The number of hydrogen-bond acceptors (Lipinski definition) is 4. The lowest BCUT2D eigenvalue weighted by atomic mass is 9.95. The Morgan fingerprint density at radius 2 is 1.85 bits per heavy atom. The van der Waals surface area contributed by atoms with Crippen LogP contribution < -0.4 is 5.43 Å². The Morgan fingerprint density at radius 1 is 1.15 bits per heavy atom. The number of hydrogen-bond donors (Lipinski definition) is 1. The van der Waals surface area contributed by atoms with Crippen LogP contribution in [0, 0.1) is 0 Å². The maximum absolute atomic E-state index is 12.3. The van der Waals surface area contributed by atoms with Gasteiger partial charge in [0.25, 0.3) is 5.91 Å². The second kappa shape index (κ2) is 8.63. The molecule has 6 nitrogen and oxygen atoms in total. The highest BCUT2D eigenvalue weighted by molar-refractivity contribution is 7.88. The van der Waals surface area contributed by atoms with Crippen LogP contribution >= 0.6 is 0 Å². The van der Waals surface area contributed by atoms with E-state index in [-0.39, 0.29) is 12.6 Å². The minimum Gasteiger partial charge on any atom is -0.272 e. The molecule has 144 valence electrons. The van der Waals surface area contributed by atoms with E-state index in [2.05, 4.69) is 10.5 Å². The lowest BCUT2D eigenvalue weighted by Crippen LogP contribution is -2.45. The van der Waals surface area contributed by atoms with Gasteiger partial charge >= 0.3 is 0 Å². The molecule has 3 rings (SSSR count). The molecule has 0 aromatic heterocycles. The minimum absolute atomic E-state index is 0.0958. The van der Waals surface area contributed by atoms with Gasteiger partial charge in [0.2, 0.25) is 10.0 Å². The molecule has 0 radical (unpaired) electrons. The number of benzene rings is 2. The third kappa shape index (κ3) is 5.14. The SMILES string of the molecule is CS(=O)(=O)N(CC(=O)NN=Cc1cccc2ccccc12)C1CCCCC1. The molecule has 0 saturated heterocycles. The van der Waals surface area contributed by atoms with Crippen molar-refractivity contribution in [3.05, 3.63) is 48.0 Å². The van der Waals surface area contributed by atoms with Crippen LogP contribution in [0.1, 0.15) is 37.7 Å². The summed E-state index contributed by atoms with van der Waals surface area (Å²) in [5.41, 5.74) is 3.35. The Balaban J connectivity index is 1.66. The number of carbonyl (C=O) groups excluding carboxylic acids is 1. The zero-order valence-corrected chi connectivity index (χ0v) is 16.3. The van der Waals surface area contributed by atoms with Crippen molar-refractivity contribution in [2.45, 2.75) is 38.1 Å². The molecule has 1 N–H and O–H groups in total. The predicted molar refractivity (Wildman–Crippen MR) is 108 cm³/mol. The molecule has 0 spiro atoms. The maximum Gasteiger partial charge on any atom is 0.255 e. The topological polar surface area (TPSA) is 78.8 Å². The molecule has 0 aliphatic heterocycles. The first-order chi connectivity index (χ1) is 12.9. The second-order valence-corrected chi connectivity index (χ2v) is 8.90. The molecule has 7 heteroatoms. The summed E-state index contributed by atoms with van der Waals surface area (Å²) in [7, 11) is -3.44. The number of amides is 1. The van der Waals surface area contributed by atoms with E-state index in [4.69, 9.17) is 0 Å². The lowest BCUT2D eigenvalue weighted by Gasteiger charge is -2.31. The number of rotatable bonds is 6. The summed E-state index contributed by atoms with van der Waals surface area (Å²) in [6.45, 7) is -0.198. The summed E-state index contributed by atoms with van der Waals surface area (Å²) in [5, 5.41) is 6.16. The molecule has 2 aromatic rings. The normalized spacial score (nSPS) is 16.2. The number of sulfonamides is 1. The van der Waals surface area contributed by atoms with Crippen molar-refractivity contribution in [2.75, 3.05) is 12.8 Å². The molecular weight excluding hydrogens is 362 g/mol. The van der Waals surface area contributed by atoms with Crippen molar-refractivity contribution in [1.29, 1.82) is 0 Å². The molecule has 0 heterocycles. The van der Waals surface area contributed by atoms with E-state index in [1.807, 2.05) is 42.5 Å². The molecule has 1 amide bonds. The Labute approximate surface area is 160 Å². The smallest absolute Gasteiger partial charge is 0.255 e. The Morgan fingerprint density at radius 3 is 2.59 bits per heavy atom. The zero-order chi connectivity index (χ0) is 19.3. The third-order valence-corrected chi connectivity index (χ3v) is 6.20. The van der Waals surface area contributed by atoms with Gasteiger partial charge in [-0.1, -0.05) is 61.7 Å². The van der Waals surface area contributed by atoms with Gasteiger partial charge < -0.3 is 0 Å².